The average molecular weight is 271 g/mol. The number of rotatable bonds is 5. The zero-order valence-corrected chi connectivity index (χ0v) is 11.3. The largest absolute Gasteiger partial charge is 0.382 e. The molecule has 1 atom stereocenters. The monoisotopic (exact) mass is 270 g/mol. The number of nitrogens with one attached hydrogen (secondary N) is 2. The molecule has 1 aromatic rings. The molecule has 2 heterocycles. The van der Waals surface area contributed by atoms with Gasteiger partial charge in [-0.2, -0.15) is 5.10 Å². The fourth-order valence-corrected chi connectivity index (χ4v) is 2.41. The summed E-state index contributed by atoms with van der Waals surface area (Å²) in [5.41, 5.74) is 0.396. The minimum Gasteiger partial charge on any atom is -0.382 e. The lowest BCUT2D eigenvalue weighted by Crippen LogP contribution is -2.26. The van der Waals surface area contributed by atoms with Crippen LogP contribution >= 0.6 is 11.6 Å². The van der Waals surface area contributed by atoms with Gasteiger partial charge in [-0.15, -0.1) is 0 Å². The van der Waals surface area contributed by atoms with Crippen molar-refractivity contribution in [3.8, 4) is 0 Å². The van der Waals surface area contributed by atoms with Crippen LogP contribution in [0.2, 0.25) is 5.02 Å². The molecule has 100 valence electrons. The van der Waals surface area contributed by atoms with Gasteiger partial charge in [0.1, 0.15) is 5.02 Å². The third-order valence-electron chi connectivity index (χ3n) is 3.26. The third kappa shape index (κ3) is 3.03. The van der Waals surface area contributed by atoms with Gasteiger partial charge >= 0.3 is 0 Å². The minimum absolute atomic E-state index is 0.228. The molecule has 0 radical (unpaired) electrons. The Kier molecular flexibility index (Phi) is 4.60. The van der Waals surface area contributed by atoms with Crippen molar-refractivity contribution in [1.29, 1.82) is 0 Å². The van der Waals surface area contributed by atoms with Crippen molar-refractivity contribution in [2.24, 2.45) is 0 Å². The van der Waals surface area contributed by atoms with E-state index in [1.807, 2.05) is 6.92 Å². The number of hydrogen-bond acceptors (Lipinski definition) is 4. The Hall–Kier alpha value is -1.07. The molecule has 1 fully saturated rings. The maximum Gasteiger partial charge on any atom is 0.287 e. The van der Waals surface area contributed by atoms with Crippen molar-refractivity contribution in [2.45, 2.75) is 38.8 Å². The quantitative estimate of drug-likeness (QED) is 0.851. The Morgan fingerprint density at radius 2 is 2.50 bits per heavy atom. The van der Waals surface area contributed by atoms with Crippen LogP contribution in [-0.4, -0.2) is 28.9 Å². The Balaban J connectivity index is 1.93. The van der Waals surface area contributed by atoms with Crippen LogP contribution in [0.25, 0.3) is 0 Å². The highest BCUT2D eigenvalue weighted by Crippen LogP contribution is 2.16. The summed E-state index contributed by atoms with van der Waals surface area (Å²) >= 11 is 6.02. The third-order valence-corrected chi connectivity index (χ3v) is 3.62. The molecule has 2 N–H and O–H groups in total. The highest BCUT2D eigenvalue weighted by molar-refractivity contribution is 6.32. The van der Waals surface area contributed by atoms with E-state index in [9.17, 15) is 4.79 Å². The molecule has 18 heavy (non-hydrogen) atoms. The normalized spacial score (nSPS) is 19.1. The van der Waals surface area contributed by atoms with E-state index in [1.165, 1.54) is 17.5 Å². The summed E-state index contributed by atoms with van der Waals surface area (Å²) in [6.07, 6.45) is 5.13. The van der Waals surface area contributed by atoms with Gasteiger partial charge < -0.3 is 10.6 Å². The lowest BCUT2D eigenvalue weighted by atomic mass is 10.1. The van der Waals surface area contributed by atoms with Crippen LogP contribution in [0.15, 0.2) is 11.0 Å². The van der Waals surface area contributed by atoms with Gasteiger partial charge in [-0.1, -0.05) is 11.6 Å². The molecule has 6 heteroatoms. The molecule has 1 aromatic heterocycles. The molecule has 0 unspecified atom stereocenters. The number of anilines is 1. The predicted molar refractivity (Wildman–Crippen MR) is 73.3 cm³/mol. The first-order valence-corrected chi connectivity index (χ1v) is 6.83. The fraction of sp³-hybridized carbons (Fsp3) is 0.667. The molecule has 1 saturated heterocycles. The molecule has 0 spiro atoms. The predicted octanol–water partition coefficient (Wildman–Crippen LogP) is 1.47. The first-order chi connectivity index (χ1) is 8.72. The standard InChI is InChI=1S/C12H19ClN4O/c1-2-17-12(18)11(13)10(8-16-17)15-7-5-9-4-3-6-14-9/h8-9,14-15H,2-7H2,1H3/t9-/m1/s1. The van der Waals surface area contributed by atoms with E-state index in [1.54, 1.807) is 6.20 Å². The van der Waals surface area contributed by atoms with Gasteiger partial charge in [-0.3, -0.25) is 4.79 Å². The van der Waals surface area contributed by atoms with Crippen LogP contribution in [-0.2, 0) is 6.54 Å². The molecule has 0 aliphatic carbocycles. The van der Waals surface area contributed by atoms with Crippen LogP contribution in [0.5, 0.6) is 0 Å². The maximum absolute atomic E-state index is 11.8. The molecule has 0 amide bonds. The Morgan fingerprint density at radius 1 is 1.67 bits per heavy atom. The summed E-state index contributed by atoms with van der Waals surface area (Å²) < 4.78 is 1.35. The van der Waals surface area contributed by atoms with Crippen molar-refractivity contribution >= 4 is 17.3 Å². The fourth-order valence-electron chi connectivity index (χ4n) is 2.20. The number of aryl methyl sites for hydroxylation is 1. The van der Waals surface area contributed by atoms with E-state index in [4.69, 9.17) is 11.6 Å². The zero-order valence-electron chi connectivity index (χ0n) is 10.6. The first-order valence-electron chi connectivity index (χ1n) is 6.45. The van der Waals surface area contributed by atoms with E-state index in [0.717, 1.165) is 19.5 Å². The second-order valence-corrected chi connectivity index (χ2v) is 4.88. The Morgan fingerprint density at radius 3 is 3.17 bits per heavy atom. The van der Waals surface area contributed by atoms with Gasteiger partial charge in [0.2, 0.25) is 0 Å². The van der Waals surface area contributed by atoms with E-state index in [2.05, 4.69) is 15.7 Å². The molecule has 2 rings (SSSR count). The van der Waals surface area contributed by atoms with Crippen molar-refractivity contribution in [3.63, 3.8) is 0 Å². The van der Waals surface area contributed by atoms with E-state index >= 15 is 0 Å². The van der Waals surface area contributed by atoms with Gasteiger partial charge in [0.05, 0.1) is 11.9 Å². The van der Waals surface area contributed by atoms with Crippen LogP contribution in [0.4, 0.5) is 5.69 Å². The molecule has 1 aliphatic heterocycles. The van der Waals surface area contributed by atoms with Gasteiger partial charge in [-0.25, -0.2) is 4.68 Å². The number of hydrogen-bond donors (Lipinski definition) is 2. The molecule has 0 aromatic carbocycles. The van der Waals surface area contributed by atoms with E-state index in [-0.39, 0.29) is 10.6 Å². The Labute approximate surface area is 112 Å². The first kappa shape index (κ1) is 13.4. The SMILES string of the molecule is CCn1ncc(NCC[C@H]2CCCN2)c(Cl)c1=O. The molecular formula is C12H19ClN4O. The minimum atomic E-state index is -0.233. The summed E-state index contributed by atoms with van der Waals surface area (Å²) in [6.45, 7) is 4.31. The Bertz CT molecular complexity index is 454. The maximum atomic E-state index is 11.8. The second-order valence-electron chi connectivity index (χ2n) is 4.50. The van der Waals surface area contributed by atoms with Gasteiger partial charge in [0.15, 0.2) is 0 Å². The summed E-state index contributed by atoms with van der Waals surface area (Å²) in [4.78, 5) is 11.8. The second kappa shape index (κ2) is 6.20. The number of aromatic nitrogens is 2. The van der Waals surface area contributed by atoms with Gasteiger partial charge in [-0.05, 0) is 32.7 Å². The number of nitrogens with zero attached hydrogens (tertiary/aromatic N) is 2. The summed E-state index contributed by atoms with van der Waals surface area (Å²) in [6, 6.07) is 0.584. The molecule has 0 bridgehead atoms. The lowest BCUT2D eigenvalue weighted by Gasteiger charge is -2.12. The van der Waals surface area contributed by atoms with E-state index in [0.29, 0.717) is 18.3 Å². The van der Waals surface area contributed by atoms with Crippen molar-refractivity contribution < 1.29 is 0 Å². The van der Waals surface area contributed by atoms with E-state index < -0.39 is 0 Å². The number of halogens is 1. The zero-order chi connectivity index (χ0) is 13.0. The molecule has 1 aliphatic rings. The topological polar surface area (TPSA) is 59.0 Å². The van der Waals surface area contributed by atoms with Crippen molar-refractivity contribution in [2.75, 3.05) is 18.4 Å². The van der Waals surface area contributed by atoms with Crippen molar-refractivity contribution in [1.82, 2.24) is 15.1 Å². The smallest absolute Gasteiger partial charge is 0.287 e. The summed E-state index contributed by atoms with van der Waals surface area (Å²) in [7, 11) is 0. The van der Waals surface area contributed by atoms with Gasteiger partial charge in [0, 0.05) is 19.1 Å². The van der Waals surface area contributed by atoms with Gasteiger partial charge in [0.25, 0.3) is 5.56 Å². The lowest BCUT2D eigenvalue weighted by molar-refractivity contribution is 0.573. The molecule has 0 saturated carbocycles. The molecular weight excluding hydrogens is 252 g/mol. The van der Waals surface area contributed by atoms with Crippen LogP contribution < -0.4 is 16.2 Å². The average Bonchev–Trinajstić information content (AvgIpc) is 2.88. The summed E-state index contributed by atoms with van der Waals surface area (Å²) in [5, 5.41) is 10.9. The highest BCUT2D eigenvalue weighted by atomic mass is 35.5. The van der Waals surface area contributed by atoms with Crippen molar-refractivity contribution in [3.05, 3.63) is 21.6 Å². The van der Waals surface area contributed by atoms with Crippen LogP contribution in [0.1, 0.15) is 26.2 Å². The van der Waals surface area contributed by atoms with Crippen LogP contribution in [0, 0.1) is 0 Å². The summed E-state index contributed by atoms with van der Waals surface area (Å²) in [5.74, 6) is 0. The van der Waals surface area contributed by atoms with Crippen LogP contribution in [0.3, 0.4) is 0 Å². The molecule has 5 nitrogen and oxygen atoms in total. The highest BCUT2D eigenvalue weighted by Gasteiger charge is 2.14.